The van der Waals surface area contributed by atoms with E-state index in [9.17, 15) is 9.50 Å². The van der Waals surface area contributed by atoms with Crippen LogP contribution in [0.4, 0.5) is 4.39 Å². The van der Waals surface area contributed by atoms with Crippen molar-refractivity contribution in [2.45, 2.75) is 19.5 Å². The first-order chi connectivity index (χ1) is 18.9. The van der Waals surface area contributed by atoms with Crippen LogP contribution in [0, 0.1) is 17.7 Å². The molecule has 4 aromatic heterocycles. The Morgan fingerprint density at radius 3 is 2.72 bits per heavy atom. The fourth-order valence-electron chi connectivity index (χ4n) is 6.54. The van der Waals surface area contributed by atoms with E-state index in [0.717, 1.165) is 43.1 Å². The van der Waals surface area contributed by atoms with Crippen LogP contribution in [-0.2, 0) is 6.54 Å². The lowest BCUT2D eigenvalue weighted by atomic mass is 10.0. The normalized spacial score (nSPS) is 20.7. The Bertz CT molecular complexity index is 1640. The molecule has 0 bridgehead atoms. The largest absolute Gasteiger partial charge is 0.508 e. The van der Waals surface area contributed by atoms with Crippen LogP contribution in [0.2, 0.25) is 0 Å². The lowest BCUT2D eigenvalue weighted by molar-refractivity contribution is 0.268. The van der Waals surface area contributed by atoms with E-state index in [1.807, 2.05) is 0 Å². The molecule has 2 aliphatic heterocycles. The van der Waals surface area contributed by atoms with Gasteiger partial charge in [0.05, 0.1) is 11.4 Å². The summed E-state index contributed by atoms with van der Waals surface area (Å²) >= 11 is 0. The Labute approximate surface area is 225 Å². The molecule has 0 radical (unpaired) electrons. The van der Waals surface area contributed by atoms with Gasteiger partial charge in [-0.3, -0.25) is 4.90 Å². The Hall–Kier alpha value is -4.02. The molecule has 10 heteroatoms. The zero-order valence-corrected chi connectivity index (χ0v) is 22.0. The van der Waals surface area contributed by atoms with Gasteiger partial charge in [0.1, 0.15) is 23.6 Å². The molecular weight excluding hydrogens is 495 g/mol. The highest BCUT2D eigenvalue weighted by atomic mass is 19.1. The van der Waals surface area contributed by atoms with E-state index in [1.54, 1.807) is 11.0 Å². The number of pyridine rings is 1. The SMILES string of the molecule is CC(Nn1nc(-c2cc(O)cc(F)c2)c2cncnc21)c1cc2ccccn2c1CN1C[C@H]2CN(C)C[C@H]2C1. The Morgan fingerprint density at radius 1 is 1.10 bits per heavy atom. The second-order valence-electron chi connectivity index (χ2n) is 11.0. The van der Waals surface area contributed by atoms with Gasteiger partial charge in [0, 0.05) is 68.0 Å². The summed E-state index contributed by atoms with van der Waals surface area (Å²) in [5, 5.41) is 15.4. The van der Waals surface area contributed by atoms with Crippen LogP contribution in [0.15, 0.2) is 61.2 Å². The maximum Gasteiger partial charge on any atom is 0.184 e. The van der Waals surface area contributed by atoms with Crippen molar-refractivity contribution >= 4 is 16.6 Å². The molecular formula is C29H31FN8O. The molecule has 1 aromatic carbocycles. The van der Waals surface area contributed by atoms with Crippen molar-refractivity contribution in [3.05, 3.63) is 78.3 Å². The molecule has 3 atom stereocenters. The number of aromatic hydroxyl groups is 1. The third-order valence-electron chi connectivity index (χ3n) is 8.22. The number of nitrogens with zero attached hydrogens (tertiary/aromatic N) is 7. The van der Waals surface area contributed by atoms with E-state index in [0.29, 0.717) is 22.3 Å². The highest BCUT2D eigenvalue weighted by molar-refractivity contribution is 5.90. The first-order valence-electron chi connectivity index (χ1n) is 13.4. The van der Waals surface area contributed by atoms with Crippen LogP contribution in [0.5, 0.6) is 5.75 Å². The van der Waals surface area contributed by atoms with Crippen molar-refractivity contribution in [2.24, 2.45) is 11.8 Å². The molecule has 1 unspecified atom stereocenters. The smallest absolute Gasteiger partial charge is 0.184 e. The summed E-state index contributed by atoms with van der Waals surface area (Å²) in [5.74, 6) is 0.800. The minimum absolute atomic E-state index is 0.0973. The van der Waals surface area contributed by atoms with Crippen molar-refractivity contribution in [2.75, 3.05) is 38.7 Å². The van der Waals surface area contributed by atoms with Crippen LogP contribution in [0.1, 0.15) is 24.2 Å². The topological polar surface area (TPSA) is 86.7 Å². The number of rotatable bonds is 6. The minimum Gasteiger partial charge on any atom is -0.508 e. The second kappa shape index (κ2) is 9.32. The summed E-state index contributed by atoms with van der Waals surface area (Å²) in [6.07, 6.45) is 5.27. The molecule has 0 saturated carbocycles. The van der Waals surface area contributed by atoms with Gasteiger partial charge in [-0.1, -0.05) is 6.07 Å². The van der Waals surface area contributed by atoms with Crippen molar-refractivity contribution in [1.82, 2.24) is 34.1 Å². The molecule has 0 aliphatic carbocycles. The lowest BCUT2D eigenvalue weighted by Gasteiger charge is -2.22. The van der Waals surface area contributed by atoms with Gasteiger partial charge < -0.3 is 19.8 Å². The number of phenolic OH excluding ortho intramolecular Hbond substituents is 1. The summed E-state index contributed by atoms with van der Waals surface area (Å²) in [6.45, 7) is 7.61. The molecule has 2 aliphatic rings. The lowest BCUT2D eigenvalue weighted by Crippen LogP contribution is -2.28. The molecule has 39 heavy (non-hydrogen) atoms. The number of aromatic nitrogens is 5. The van der Waals surface area contributed by atoms with Crippen molar-refractivity contribution in [1.29, 1.82) is 0 Å². The van der Waals surface area contributed by atoms with E-state index in [1.165, 1.54) is 42.8 Å². The zero-order chi connectivity index (χ0) is 26.7. The first-order valence-corrected chi connectivity index (χ1v) is 13.4. The molecule has 2 fully saturated rings. The summed E-state index contributed by atoms with van der Waals surface area (Å²) in [7, 11) is 2.22. The highest BCUT2D eigenvalue weighted by Crippen LogP contribution is 2.34. The predicted molar refractivity (Wildman–Crippen MR) is 147 cm³/mol. The number of likely N-dealkylation sites (tertiary alicyclic amines) is 2. The van der Waals surface area contributed by atoms with E-state index in [-0.39, 0.29) is 11.8 Å². The number of hydrogen-bond acceptors (Lipinski definition) is 7. The standard InChI is InChI=1S/C29H31FN8O/c1-18(33-38-29-26(11-31-17-32-29)28(34-38)19-7-22(30)9-24(39)8-19)25-10-23-5-3-4-6-37(23)27(25)16-36-14-20-12-35(2)13-21(20)15-36/h3-11,17-18,20-21,33,39H,12-16H2,1-2H3/t18?,20-,21+. The predicted octanol–water partition coefficient (Wildman–Crippen LogP) is 3.89. The van der Waals surface area contributed by atoms with Crippen LogP contribution in [0.25, 0.3) is 27.8 Å². The number of nitrogens with one attached hydrogen (secondary N) is 1. The molecule has 5 aromatic rings. The highest BCUT2D eigenvalue weighted by Gasteiger charge is 2.39. The Kier molecular flexibility index (Phi) is 5.75. The average Bonchev–Trinajstić information content (AvgIpc) is 3.65. The van der Waals surface area contributed by atoms with Gasteiger partial charge in [-0.25, -0.2) is 14.4 Å². The van der Waals surface area contributed by atoms with Gasteiger partial charge >= 0.3 is 0 Å². The van der Waals surface area contributed by atoms with E-state index >= 15 is 0 Å². The molecule has 2 saturated heterocycles. The minimum atomic E-state index is -0.534. The summed E-state index contributed by atoms with van der Waals surface area (Å²) in [6, 6.07) is 12.3. The van der Waals surface area contributed by atoms with Gasteiger partial charge in [0.2, 0.25) is 0 Å². The molecule has 6 heterocycles. The first kappa shape index (κ1) is 24.1. The summed E-state index contributed by atoms with van der Waals surface area (Å²) < 4.78 is 16.4. The summed E-state index contributed by atoms with van der Waals surface area (Å²) in [4.78, 5) is 15.3. The zero-order valence-electron chi connectivity index (χ0n) is 22.0. The average molecular weight is 527 g/mol. The van der Waals surface area contributed by atoms with Gasteiger partial charge in [-0.05, 0) is 61.7 Å². The van der Waals surface area contributed by atoms with E-state index in [2.05, 4.69) is 74.0 Å². The summed E-state index contributed by atoms with van der Waals surface area (Å²) in [5.41, 5.74) is 8.66. The molecule has 2 N–H and O–H groups in total. The quantitative estimate of drug-likeness (QED) is 0.347. The maximum atomic E-state index is 14.1. The number of hydrogen-bond donors (Lipinski definition) is 2. The number of halogens is 1. The van der Waals surface area contributed by atoms with Crippen molar-refractivity contribution in [3.8, 4) is 17.0 Å². The molecule has 7 rings (SSSR count). The van der Waals surface area contributed by atoms with Crippen molar-refractivity contribution in [3.63, 3.8) is 0 Å². The van der Waals surface area contributed by atoms with Gasteiger partial charge in [0.25, 0.3) is 0 Å². The third kappa shape index (κ3) is 4.29. The number of benzene rings is 1. The van der Waals surface area contributed by atoms with Gasteiger partial charge in [-0.2, -0.15) is 4.79 Å². The third-order valence-corrected chi connectivity index (χ3v) is 8.22. The second-order valence-corrected chi connectivity index (χ2v) is 11.0. The number of phenols is 1. The fraction of sp³-hybridized carbons (Fsp3) is 0.345. The van der Waals surface area contributed by atoms with Gasteiger partial charge in [0.15, 0.2) is 5.65 Å². The van der Waals surface area contributed by atoms with Crippen molar-refractivity contribution < 1.29 is 9.50 Å². The fourth-order valence-corrected chi connectivity index (χ4v) is 6.54. The molecule has 0 amide bonds. The van der Waals surface area contributed by atoms with Crippen LogP contribution in [0.3, 0.4) is 0 Å². The van der Waals surface area contributed by atoms with Crippen LogP contribution in [-0.4, -0.2) is 72.4 Å². The van der Waals surface area contributed by atoms with Gasteiger partial charge in [-0.15, -0.1) is 5.10 Å². The Morgan fingerprint density at radius 2 is 1.92 bits per heavy atom. The number of fused-ring (bicyclic) bond motifs is 3. The Balaban J connectivity index is 1.23. The molecule has 0 spiro atoms. The van der Waals surface area contributed by atoms with E-state index in [4.69, 9.17) is 5.10 Å². The monoisotopic (exact) mass is 526 g/mol. The van der Waals surface area contributed by atoms with Crippen LogP contribution < -0.4 is 5.43 Å². The van der Waals surface area contributed by atoms with E-state index < -0.39 is 5.82 Å². The molecule has 200 valence electrons. The maximum absolute atomic E-state index is 14.1. The molecule has 9 nitrogen and oxygen atoms in total. The van der Waals surface area contributed by atoms with Crippen LogP contribution >= 0.6 is 0 Å².